The number of anilines is 1. The molecular weight excluding hydrogens is 432 g/mol. The van der Waals surface area contributed by atoms with Crippen LogP contribution in [-0.2, 0) is 30.6 Å². The quantitative estimate of drug-likeness (QED) is 0.418. The summed E-state index contributed by atoms with van der Waals surface area (Å²) in [6.07, 6.45) is 3.81. The lowest BCUT2D eigenvalue weighted by atomic mass is 9.79. The van der Waals surface area contributed by atoms with E-state index in [0.717, 1.165) is 37.2 Å². The van der Waals surface area contributed by atoms with E-state index >= 15 is 0 Å². The molecule has 3 aromatic carbocycles. The van der Waals surface area contributed by atoms with Gasteiger partial charge in [-0.2, -0.15) is 0 Å². The molecule has 184 valence electrons. The molecule has 0 fully saturated rings. The zero-order valence-corrected chi connectivity index (χ0v) is 21.6. The summed E-state index contributed by atoms with van der Waals surface area (Å²) in [5.74, 6) is 1.46. The molecule has 3 aromatic rings. The largest absolute Gasteiger partial charge is 0.497 e. The van der Waals surface area contributed by atoms with Gasteiger partial charge in [-0.25, -0.2) is 0 Å². The van der Waals surface area contributed by atoms with Gasteiger partial charge in [-0.1, -0.05) is 54.1 Å². The van der Waals surface area contributed by atoms with Gasteiger partial charge in [-0.15, -0.1) is 0 Å². The summed E-state index contributed by atoms with van der Waals surface area (Å²) < 4.78 is 5.62. The third kappa shape index (κ3) is 6.05. The summed E-state index contributed by atoms with van der Waals surface area (Å²) in [6, 6.07) is 21.9. The first-order chi connectivity index (χ1) is 17.0. The number of hydrogen-bond donors (Lipinski definition) is 1. The van der Waals surface area contributed by atoms with Crippen LogP contribution < -0.4 is 15.0 Å². The first-order valence-electron chi connectivity index (χ1n) is 12.9. The average Bonchev–Trinajstić information content (AvgIpc) is 2.87. The van der Waals surface area contributed by atoms with E-state index in [1.54, 1.807) is 7.11 Å². The Morgan fingerprint density at radius 1 is 1.00 bits per heavy atom. The monoisotopic (exact) mass is 470 g/mol. The summed E-state index contributed by atoms with van der Waals surface area (Å²) in [5, 5.41) is 2.87. The SMILES string of the molecule is CCNC(=O)Cc1ccc(CN(CC)c2cc(OC)ccc2[C@@H]2CCc3cc(C)ccc3C2)cc1. The zero-order valence-electron chi connectivity index (χ0n) is 21.6. The highest BCUT2D eigenvalue weighted by Crippen LogP contribution is 2.39. The number of hydrogen-bond acceptors (Lipinski definition) is 3. The first-order valence-corrected chi connectivity index (χ1v) is 12.9. The zero-order chi connectivity index (χ0) is 24.8. The van der Waals surface area contributed by atoms with Crippen molar-refractivity contribution in [3.63, 3.8) is 0 Å². The Kier molecular flexibility index (Phi) is 8.12. The third-order valence-corrected chi connectivity index (χ3v) is 7.13. The molecule has 4 rings (SSSR count). The summed E-state index contributed by atoms with van der Waals surface area (Å²) >= 11 is 0. The smallest absolute Gasteiger partial charge is 0.224 e. The second kappa shape index (κ2) is 11.4. The molecule has 0 radical (unpaired) electrons. The highest BCUT2D eigenvalue weighted by molar-refractivity contribution is 5.78. The van der Waals surface area contributed by atoms with Crippen molar-refractivity contribution < 1.29 is 9.53 Å². The Bertz CT molecular complexity index is 1150. The minimum absolute atomic E-state index is 0.0701. The van der Waals surface area contributed by atoms with Gasteiger partial charge >= 0.3 is 0 Å². The van der Waals surface area contributed by atoms with E-state index in [1.807, 2.05) is 6.92 Å². The van der Waals surface area contributed by atoms with Crippen LogP contribution in [-0.4, -0.2) is 26.1 Å². The van der Waals surface area contributed by atoms with Gasteiger partial charge in [0, 0.05) is 31.4 Å². The number of benzene rings is 3. The molecule has 1 atom stereocenters. The van der Waals surface area contributed by atoms with E-state index in [9.17, 15) is 4.79 Å². The van der Waals surface area contributed by atoms with Crippen molar-refractivity contribution in [3.05, 3.63) is 94.0 Å². The van der Waals surface area contributed by atoms with Crippen molar-refractivity contribution in [3.8, 4) is 5.75 Å². The Hall–Kier alpha value is -3.27. The van der Waals surface area contributed by atoms with Crippen molar-refractivity contribution in [1.29, 1.82) is 0 Å². The van der Waals surface area contributed by atoms with E-state index in [0.29, 0.717) is 18.9 Å². The number of likely N-dealkylation sites (N-methyl/N-ethyl adjacent to an activating group) is 1. The Balaban J connectivity index is 1.56. The van der Waals surface area contributed by atoms with Crippen molar-refractivity contribution in [1.82, 2.24) is 5.32 Å². The van der Waals surface area contributed by atoms with Crippen LogP contribution in [0.4, 0.5) is 5.69 Å². The van der Waals surface area contributed by atoms with Gasteiger partial charge in [-0.05, 0) is 79.8 Å². The van der Waals surface area contributed by atoms with Crippen LogP contribution in [0.15, 0.2) is 60.7 Å². The van der Waals surface area contributed by atoms with Gasteiger partial charge in [0.25, 0.3) is 0 Å². The van der Waals surface area contributed by atoms with Gasteiger partial charge < -0.3 is 15.0 Å². The number of rotatable bonds is 9. The minimum atomic E-state index is 0.0701. The number of carbonyl (C=O) groups excluding carboxylic acids is 1. The van der Waals surface area contributed by atoms with Gasteiger partial charge in [0.05, 0.1) is 13.5 Å². The van der Waals surface area contributed by atoms with Crippen molar-refractivity contribution in [2.75, 3.05) is 25.1 Å². The van der Waals surface area contributed by atoms with Gasteiger partial charge in [0.15, 0.2) is 0 Å². The molecule has 1 amide bonds. The number of aryl methyl sites for hydroxylation is 2. The lowest BCUT2D eigenvalue weighted by Gasteiger charge is -2.32. The predicted octanol–water partition coefficient (Wildman–Crippen LogP) is 5.98. The standard InChI is InChI=1S/C31H38N2O2/c1-5-32-31(34)18-23-8-10-24(11-9-23)21-33(6-2)30-20-28(35-4)15-16-29(30)27-14-13-25-17-22(3)7-12-26(25)19-27/h7-12,15-17,20,27H,5-6,13-14,18-19,21H2,1-4H3,(H,32,34)/t27-/m1/s1. The highest BCUT2D eigenvalue weighted by Gasteiger charge is 2.24. The molecule has 0 heterocycles. The molecule has 35 heavy (non-hydrogen) atoms. The highest BCUT2D eigenvalue weighted by atomic mass is 16.5. The number of nitrogens with one attached hydrogen (secondary N) is 1. The van der Waals surface area contributed by atoms with E-state index in [1.165, 1.54) is 39.9 Å². The lowest BCUT2D eigenvalue weighted by Crippen LogP contribution is -2.25. The fourth-order valence-electron chi connectivity index (χ4n) is 5.21. The Morgan fingerprint density at radius 2 is 1.77 bits per heavy atom. The molecule has 0 unspecified atom stereocenters. The average molecular weight is 471 g/mol. The number of methoxy groups -OCH3 is 1. The van der Waals surface area contributed by atoms with Crippen molar-refractivity contribution in [2.45, 2.75) is 58.9 Å². The molecule has 0 spiro atoms. The fraction of sp³-hybridized carbons (Fsp3) is 0.387. The van der Waals surface area contributed by atoms with Gasteiger partial charge in [0.1, 0.15) is 5.75 Å². The fourth-order valence-corrected chi connectivity index (χ4v) is 5.21. The number of ether oxygens (including phenoxy) is 1. The molecule has 1 aliphatic rings. The molecular formula is C31H38N2O2. The van der Waals surface area contributed by atoms with Gasteiger partial charge in [0.2, 0.25) is 5.91 Å². The molecule has 1 N–H and O–H groups in total. The van der Waals surface area contributed by atoms with E-state index in [-0.39, 0.29) is 5.91 Å². The van der Waals surface area contributed by atoms with E-state index in [4.69, 9.17) is 4.74 Å². The maximum absolute atomic E-state index is 11.9. The number of amides is 1. The molecule has 0 aliphatic heterocycles. The van der Waals surface area contributed by atoms with E-state index < -0.39 is 0 Å². The van der Waals surface area contributed by atoms with Gasteiger partial charge in [-0.3, -0.25) is 4.79 Å². The van der Waals surface area contributed by atoms with Crippen LogP contribution in [0.25, 0.3) is 0 Å². The summed E-state index contributed by atoms with van der Waals surface area (Å²) in [7, 11) is 1.74. The number of fused-ring (bicyclic) bond motifs is 1. The lowest BCUT2D eigenvalue weighted by molar-refractivity contribution is -0.120. The molecule has 4 nitrogen and oxygen atoms in total. The third-order valence-electron chi connectivity index (χ3n) is 7.13. The minimum Gasteiger partial charge on any atom is -0.497 e. The molecule has 0 bridgehead atoms. The van der Waals surface area contributed by atoms with Crippen LogP contribution in [0, 0.1) is 6.92 Å². The maximum Gasteiger partial charge on any atom is 0.224 e. The first kappa shape index (κ1) is 24.8. The van der Waals surface area contributed by atoms with Crippen LogP contribution in [0.5, 0.6) is 5.75 Å². The second-order valence-electron chi connectivity index (χ2n) is 9.60. The van der Waals surface area contributed by atoms with E-state index in [2.05, 4.69) is 84.7 Å². The molecule has 1 aliphatic carbocycles. The number of nitrogens with zero attached hydrogens (tertiary/aromatic N) is 1. The maximum atomic E-state index is 11.9. The summed E-state index contributed by atoms with van der Waals surface area (Å²) in [6.45, 7) is 8.73. The molecule has 0 saturated heterocycles. The van der Waals surface area contributed by atoms with Crippen LogP contribution >= 0.6 is 0 Å². The summed E-state index contributed by atoms with van der Waals surface area (Å²) in [5.41, 5.74) is 9.30. The predicted molar refractivity (Wildman–Crippen MR) is 144 cm³/mol. The van der Waals surface area contributed by atoms with Crippen LogP contribution in [0.2, 0.25) is 0 Å². The van der Waals surface area contributed by atoms with Crippen molar-refractivity contribution in [2.24, 2.45) is 0 Å². The topological polar surface area (TPSA) is 41.6 Å². The second-order valence-corrected chi connectivity index (χ2v) is 9.60. The summed E-state index contributed by atoms with van der Waals surface area (Å²) in [4.78, 5) is 14.4. The Morgan fingerprint density at radius 3 is 2.49 bits per heavy atom. The van der Waals surface area contributed by atoms with Crippen LogP contribution in [0.1, 0.15) is 59.6 Å². The molecule has 0 saturated carbocycles. The normalized spacial score (nSPS) is 14.8. The number of carbonyl (C=O) groups is 1. The van der Waals surface area contributed by atoms with Crippen LogP contribution in [0.3, 0.4) is 0 Å². The molecule has 0 aromatic heterocycles. The Labute approximate surface area is 210 Å². The molecule has 4 heteroatoms. The van der Waals surface area contributed by atoms with Crippen molar-refractivity contribution >= 4 is 11.6 Å².